The Balaban J connectivity index is 1.52. The van der Waals surface area contributed by atoms with E-state index in [0.29, 0.717) is 18.4 Å². The highest BCUT2D eigenvalue weighted by molar-refractivity contribution is 6.05. The number of phenolic OH excluding ortho intramolecular Hbond substituents is 1. The van der Waals surface area contributed by atoms with Crippen LogP contribution in [-0.4, -0.2) is 81.6 Å². The maximum atomic E-state index is 13.7. The predicted molar refractivity (Wildman–Crippen MR) is 180 cm³/mol. The van der Waals surface area contributed by atoms with E-state index in [4.69, 9.17) is 5.73 Å². The van der Waals surface area contributed by atoms with Crippen molar-refractivity contribution in [3.05, 3.63) is 77.9 Å². The molecule has 7 N–H and O–H groups in total. The summed E-state index contributed by atoms with van der Waals surface area (Å²) in [5, 5.41) is 32.1. The third kappa shape index (κ3) is 10.3. The van der Waals surface area contributed by atoms with Crippen LogP contribution < -0.4 is 21.7 Å². The Bertz CT molecular complexity index is 1560. The molecular weight excluding hydrogens is 598 g/mol. The number of aliphatic hydroxyl groups is 1. The molecule has 4 amide bonds. The van der Waals surface area contributed by atoms with E-state index in [0.717, 1.165) is 30.2 Å². The van der Waals surface area contributed by atoms with Crippen LogP contribution in [0.15, 0.2) is 66.7 Å². The number of hydrogen-bond acceptors (Lipinski definition) is 7. The number of β-amino-alcohol motifs (C(OH)–C–C–N with tert-alkyl or cyclic N) is 1. The fraction of sp³-hybridized carbons (Fsp3) is 0.444. The number of likely N-dealkylation sites (tertiary alicyclic amines) is 1. The number of aromatic hydroxyl groups is 1. The minimum Gasteiger partial charge on any atom is -0.506 e. The Morgan fingerprint density at radius 3 is 2.36 bits per heavy atom. The Morgan fingerprint density at radius 2 is 1.66 bits per heavy atom. The van der Waals surface area contributed by atoms with Gasteiger partial charge in [-0.3, -0.25) is 24.1 Å². The van der Waals surface area contributed by atoms with Gasteiger partial charge in [0.15, 0.2) is 0 Å². The van der Waals surface area contributed by atoms with Gasteiger partial charge in [0.25, 0.3) is 5.91 Å². The highest BCUT2D eigenvalue weighted by atomic mass is 16.3. The molecule has 1 aliphatic heterocycles. The molecule has 0 bridgehead atoms. The van der Waals surface area contributed by atoms with Crippen molar-refractivity contribution in [1.29, 1.82) is 0 Å². The smallest absolute Gasteiger partial charge is 0.255 e. The van der Waals surface area contributed by atoms with Crippen LogP contribution in [0.3, 0.4) is 0 Å². The Kier molecular flexibility index (Phi) is 12.0. The zero-order chi connectivity index (χ0) is 34.1. The van der Waals surface area contributed by atoms with Crippen molar-refractivity contribution in [3.63, 3.8) is 0 Å². The summed E-state index contributed by atoms with van der Waals surface area (Å²) < 4.78 is 0. The third-order valence-corrected chi connectivity index (χ3v) is 8.37. The standard InChI is InChI=1S/C36H47N5O6/c1-36(2,3)40-32(44)20-25-14-9-10-18-41(25)22-30(42)28(19-23-11-5-4-6-12-23)38-35(47)29(21-31(37)43)39-34(46)27-17-16-24-13-7-8-15-26(24)33(27)45/h4-8,11-13,15-17,25,28-30,42,45H,9-10,14,18-22H2,1-3H3,(H2,37,43)(H,38,47)(H,39,46)(H,40,44)/t25-,28-,29-,30+/m0/s1. The zero-order valence-corrected chi connectivity index (χ0v) is 27.4. The van der Waals surface area contributed by atoms with Crippen molar-refractivity contribution in [2.24, 2.45) is 5.73 Å². The van der Waals surface area contributed by atoms with Crippen molar-refractivity contribution in [2.45, 2.75) is 89.1 Å². The number of nitrogens with zero attached hydrogens (tertiary/aromatic N) is 1. The number of benzene rings is 3. The molecule has 252 valence electrons. The molecular formula is C36H47N5O6. The number of nitrogens with two attached hydrogens (primary N) is 1. The molecule has 11 heteroatoms. The second-order valence-electron chi connectivity index (χ2n) is 13.4. The van der Waals surface area contributed by atoms with Crippen molar-refractivity contribution in [1.82, 2.24) is 20.9 Å². The maximum absolute atomic E-state index is 13.7. The van der Waals surface area contributed by atoms with Gasteiger partial charge in [-0.25, -0.2) is 0 Å². The van der Waals surface area contributed by atoms with E-state index < -0.39 is 42.3 Å². The van der Waals surface area contributed by atoms with Gasteiger partial charge >= 0.3 is 0 Å². The number of fused-ring (bicyclic) bond motifs is 1. The molecule has 0 spiro atoms. The number of rotatable bonds is 13. The molecule has 4 rings (SSSR count). The lowest BCUT2D eigenvalue weighted by molar-refractivity contribution is -0.128. The van der Waals surface area contributed by atoms with Crippen LogP contribution in [0.1, 0.15) is 68.8 Å². The van der Waals surface area contributed by atoms with Crippen LogP contribution in [0.25, 0.3) is 10.8 Å². The van der Waals surface area contributed by atoms with E-state index >= 15 is 0 Å². The number of hydrogen-bond donors (Lipinski definition) is 6. The quantitative estimate of drug-likeness (QED) is 0.166. The summed E-state index contributed by atoms with van der Waals surface area (Å²) in [4.78, 5) is 53.9. The van der Waals surface area contributed by atoms with Crippen molar-refractivity contribution >= 4 is 34.4 Å². The molecule has 0 aromatic heterocycles. The topological polar surface area (TPSA) is 174 Å². The first-order valence-corrected chi connectivity index (χ1v) is 16.2. The van der Waals surface area contributed by atoms with Crippen LogP contribution in [0.5, 0.6) is 5.75 Å². The molecule has 1 aliphatic rings. The second-order valence-corrected chi connectivity index (χ2v) is 13.4. The van der Waals surface area contributed by atoms with Gasteiger partial charge in [0.2, 0.25) is 17.7 Å². The highest BCUT2D eigenvalue weighted by Crippen LogP contribution is 2.28. The lowest BCUT2D eigenvalue weighted by atomic mass is 9.95. The monoisotopic (exact) mass is 645 g/mol. The minimum atomic E-state index is -1.36. The van der Waals surface area contributed by atoms with Crippen LogP contribution in [-0.2, 0) is 20.8 Å². The van der Waals surface area contributed by atoms with Crippen molar-refractivity contribution in [2.75, 3.05) is 13.1 Å². The lowest BCUT2D eigenvalue weighted by Crippen LogP contribution is -2.57. The molecule has 1 fully saturated rings. The Labute approximate surface area is 275 Å². The summed E-state index contributed by atoms with van der Waals surface area (Å²) >= 11 is 0. The number of primary amides is 1. The van der Waals surface area contributed by atoms with Crippen molar-refractivity contribution < 1.29 is 29.4 Å². The van der Waals surface area contributed by atoms with Gasteiger partial charge in [-0.1, -0.05) is 67.1 Å². The molecule has 0 saturated carbocycles. The summed E-state index contributed by atoms with van der Waals surface area (Å²) in [6.07, 6.45) is 1.76. The molecule has 47 heavy (non-hydrogen) atoms. The van der Waals surface area contributed by atoms with Gasteiger partial charge in [0.05, 0.1) is 24.1 Å². The van der Waals surface area contributed by atoms with E-state index in [1.807, 2.05) is 57.2 Å². The zero-order valence-electron chi connectivity index (χ0n) is 27.4. The van der Waals surface area contributed by atoms with E-state index in [-0.39, 0.29) is 41.8 Å². The third-order valence-electron chi connectivity index (χ3n) is 8.37. The number of aliphatic hydroxyl groups excluding tert-OH is 1. The molecule has 11 nitrogen and oxygen atoms in total. The number of phenols is 1. The van der Waals surface area contributed by atoms with E-state index in [1.165, 1.54) is 6.07 Å². The van der Waals surface area contributed by atoms with E-state index in [2.05, 4.69) is 20.9 Å². The molecule has 0 radical (unpaired) electrons. The summed E-state index contributed by atoms with van der Waals surface area (Å²) in [6.45, 7) is 6.71. The van der Waals surface area contributed by atoms with Gasteiger partial charge < -0.3 is 31.9 Å². The molecule has 1 heterocycles. The Morgan fingerprint density at radius 1 is 0.957 bits per heavy atom. The average Bonchev–Trinajstić information content (AvgIpc) is 3.01. The van der Waals surface area contributed by atoms with Crippen molar-refractivity contribution in [3.8, 4) is 5.75 Å². The summed E-state index contributed by atoms with van der Waals surface area (Å²) in [5.74, 6) is -2.56. The average molecular weight is 646 g/mol. The van der Waals surface area contributed by atoms with Crippen LogP contribution in [0.4, 0.5) is 0 Å². The van der Waals surface area contributed by atoms with E-state index in [9.17, 15) is 29.4 Å². The number of carbonyl (C=O) groups excluding carboxylic acids is 4. The molecule has 4 atom stereocenters. The van der Waals surface area contributed by atoms with E-state index in [1.54, 1.807) is 24.3 Å². The Hall–Kier alpha value is -4.48. The summed E-state index contributed by atoms with van der Waals surface area (Å²) in [5.41, 5.74) is 5.93. The van der Waals surface area contributed by atoms with Gasteiger partial charge in [0, 0.05) is 29.9 Å². The lowest BCUT2D eigenvalue weighted by Gasteiger charge is -2.38. The maximum Gasteiger partial charge on any atom is 0.255 e. The minimum absolute atomic E-state index is 0.0551. The van der Waals surface area contributed by atoms with Gasteiger partial charge in [-0.15, -0.1) is 0 Å². The molecule has 0 unspecified atom stereocenters. The summed E-state index contributed by atoms with van der Waals surface area (Å²) in [6, 6.07) is 17.3. The first-order valence-electron chi connectivity index (χ1n) is 16.2. The van der Waals surface area contributed by atoms with Crippen LogP contribution >= 0.6 is 0 Å². The number of piperidine rings is 1. The SMILES string of the molecule is CC(C)(C)NC(=O)C[C@@H]1CCCCN1C[C@@H](O)[C@H](Cc1ccccc1)NC(=O)[C@H](CC(N)=O)NC(=O)c1ccc2ccccc2c1O. The van der Waals surface area contributed by atoms with Gasteiger partial charge in [0.1, 0.15) is 11.8 Å². The predicted octanol–water partition coefficient (Wildman–Crippen LogP) is 2.77. The van der Waals surface area contributed by atoms with Crippen LogP contribution in [0, 0.1) is 0 Å². The second kappa shape index (κ2) is 15.9. The number of amides is 4. The molecule has 3 aromatic carbocycles. The highest BCUT2D eigenvalue weighted by Gasteiger charge is 2.33. The normalized spacial score (nSPS) is 17.3. The van der Waals surface area contributed by atoms with Gasteiger partial charge in [-0.05, 0) is 63.6 Å². The number of nitrogens with one attached hydrogen (secondary N) is 3. The molecule has 3 aromatic rings. The summed E-state index contributed by atoms with van der Waals surface area (Å²) in [7, 11) is 0. The largest absolute Gasteiger partial charge is 0.506 e. The first-order chi connectivity index (χ1) is 22.3. The van der Waals surface area contributed by atoms with Crippen LogP contribution in [0.2, 0.25) is 0 Å². The fourth-order valence-electron chi connectivity index (χ4n) is 6.10. The molecule has 1 saturated heterocycles. The van der Waals surface area contributed by atoms with Gasteiger partial charge in [-0.2, -0.15) is 0 Å². The molecule has 0 aliphatic carbocycles. The fourth-order valence-corrected chi connectivity index (χ4v) is 6.10. The number of carbonyl (C=O) groups is 4. The first kappa shape index (κ1) is 35.4.